The van der Waals surface area contributed by atoms with Crippen LogP contribution in [0.25, 0.3) is 0 Å². The van der Waals surface area contributed by atoms with Gasteiger partial charge in [0.05, 0.1) is 19.8 Å². The average Bonchev–Trinajstić information content (AvgIpc) is 3.41. The highest BCUT2D eigenvalue weighted by Crippen LogP contribution is 2.48. The highest BCUT2D eigenvalue weighted by atomic mass is 16.5. The number of Topliss-reactive ketones (excluding diaryl/α,β-unsaturated/α-hetero) is 1. The van der Waals surface area contributed by atoms with Gasteiger partial charge < -0.3 is 14.8 Å². The third kappa shape index (κ3) is 4.15. The van der Waals surface area contributed by atoms with Crippen LogP contribution >= 0.6 is 0 Å². The fraction of sp³-hybridized carbons (Fsp3) is 0.579. The molecule has 0 radical (unpaired) electrons. The summed E-state index contributed by atoms with van der Waals surface area (Å²) in [5.41, 5.74) is 0.159. The van der Waals surface area contributed by atoms with E-state index in [4.69, 9.17) is 9.47 Å². The number of hydrogen-bond donors (Lipinski definition) is 1. The topological polar surface area (TPSA) is 64.6 Å². The Morgan fingerprint density at radius 3 is 2.33 bits per heavy atom. The van der Waals surface area contributed by atoms with Crippen molar-refractivity contribution in [2.45, 2.75) is 52.2 Å². The first kappa shape index (κ1) is 18.5. The maximum Gasteiger partial charge on any atom is 0.319 e. The number of rotatable bonds is 9. The molecule has 132 valence electrons. The van der Waals surface area contributed by atoms with Gasteiger partial charge in [0.2, 0.25) is 0 Å². The zero-order valence-corrected chi connectivity index (χ0v) is 14.9. The lowest BCUT2D eigenvalue weighted by Gasteiger charge is -2.19. The lowest BCUT2D eigenvalue weighted by molar-refractivity contribution is -0.158. The van der Waals surface area contributed by atoms with E-state index in [1.165, 1.54) is 0 Å². The van der Waals surface area contributed by atoms with Crippen molar-refractivity contribution in [1.29, 1.82) is 0 Å². The molecular weight excluding hydrogens is 306 g/mol. The number of hydrogen-bond acceptors (Lipinski definition) is 5. The van der Waals surface area contributed by atoms with Crippen LogP contribution < -0.4 is 10.1 Å². The molecular formula is C19H27NO4. The second-order valence-corrected chi connectivity index (χ2v) is 6.51. The molecule has 0 spiro atoms. The Balaban J connectivity index is 1.88. The van der Waals surface area contributed by atoms with Crippen LogP contribution in [0, 0.1) is 5.41 Å². The molecule has 24 heavy (non-hydrogen) atoms. The Hall–Kier alpha value is -1.88. The monoisotopic (exact) mass is 333 g/mol. The number of ether oxygens (including phenoxy) is 2. The number of methoxy groups -OCH3 is 1. The molecule has 0 aromatic heterocycles. The van der Waals surface area contributed by atoms with Crippen LogP contribution in [0.5, 0.6) is 5.75 Å². The van der Waals surface area contributed by atoms with E-state index >= 15 is 0 Å². The number of carbonyl (C=O) groups is 2. The average molecular weight is 333 g/mol. The number of nitrogens with one attached hydrogen (secondary N) is 1. The van der Waals surface area contributed by atoms with Crippen LogP contribution in [0.4, 0.5) is 0 Å². The second kappa shape index (κ2) is 7.79. The third-order valence-corrected chi connectivity index (χ3v) is 4.74. The Morgan fingerprint density at radius 1 is 1.21 bits per heavy atom. The molecule has 1 aliphatic carbocycles. The molecule has 0 heterocycles. The number of carbonyl (C=O) groups excluding carboxylic acids is 2. The van der Waals surface area contributed by atoms with Gasteiger partial charge in [-0.25, -0.2) is 0 Å². The summed E-state index contributed by atoms with van der Waals surface area (Å²) in [5, 5.41) is 3.21. The fourth-order valence-corrected chi connectivity index (χ4v) is 2.53. The van der Waals surface area contributed by atoms with Gasteiger partial charge >= 0.3 is 5.97 Å². The third-order valence-electron chi connectivity index (χ3n) is 4.74. The summed E-state index contributed by atoms with van der Waals surface area (Å²) in [5.74, 6) is 0.365. The zero-order chi connectivity index (χ0) is 17.7. The van der Waals surface area contributed by atoms with Gasteiger partial charge in [-0.2, -0.15) is 0 Å². The van der Waals surface area contributed by atoms with Crippen molar-refractivity contribution in [2.24, 2.45) is 5.41 Å². The van der Waals surface area contributed by atoms with Gasteiger partial charge in [-0.15, -0.1) is 0 Å². The van der Waals surface area contributed by atoms with Gasteiger partial charge in [-0.1, -0.05) is 19.1 Å². The van der Waals surface area contributed by atoms with Crippen LogP contribution in [0.1, 0.15) is 51.6 Å². The maximum absolute atomic E-state index is 12.5. The number of esters is 1. The molecule has 5 heteroatoms. The van der Waals surface area contributed by atoms with Crippen molar-refractivity contribution in [3.05, 3.63) is 29.8 Å². The first-order valence-corrected chi connectivity index (χ1v) is 8.54. The van der Waals surface area contributed by atoms with Crippen LogP contribution in [-0.2, 0) is 14.3 Å². The van der Waals surface area contributed by atoms with Gasteiger partial charge in [0.25, 0.3) is 0 Å². The van der Waals surface area contributed by atoms with Crippen molar-refractivity contribution < 1.29 is 19.1 Å². The Bertz CT molecular complexity index is 578. The molecule has 0 aliphatic heterocycles. The Morgan fingerprint density at radius 2 is 1.83 bits per heavy atom. The second-order valence-electron chi connectivity index (χ2n) is 6.51. The smallest absolute Gasteiger partial charge is 0.319 e. The predicted molar refractivity (Wildman–Crippen MR) is 91.9 cm³/mol. The molecule has 1 saturated carbocycles. The van der Waals surface area contributed by atoms with Gasteiger partial charge in [0.15, 0.2) is 5.78 Å². The molecule has 2 atom stereocenters. The predicted octanol–water partition coefficient (Wildman–Crippen LogP) is 3.04. The quantitative estimate of drug-likeness (QED) is 0.556. The van der Waals surface area contributed by atoms with Crippen molar-refractivity contribution in [3.63, 3.8) is 0 Å². The summed E-state index contributed by atoms with van der Waals surface area (Å²) in [4.78, 5) is 24.7. The van der Waals surface area contributed by atoms with E-state index in [9.17, 15) is 9.59 Å². The van der Waals surface area contributed by atoms with Gasteiger partial charge in [0.1, 0.15) is 11.2 Å². The minimum Gasteiger partial charge on any atom is -0.497 e. The molecule has 2 rings (SSSR count). The molecule has 1 unspecified atom stereocenters. The lowest BCUT2D eigenvalue weighted by atomic mass is 10.00. The van der Waals surface area contributed by atoms with Crippen LogP contribution in [0.2, 0.25) is 0 Å². The summed E-state index contributed by atoms with van der Waals surface area (Å²) in [6.45, 7) is 5.97. The van der Waals surface area contributed by atoms with E-state index in [2.05, 4.69) is 5.32 Å². The van der Waals surface area contributed by atoms with Gasteiger partial charge in [-0.05, 0) is 50.8 Å². The Kier molecular flexibility index (Phi) is 5.99. The van der Waals surface area contributed by atoms with Crippen LogP contribution in [-0.4, -0.2) is 31.5 Å². The van der Waals surface area contributed by atoms with Crippen LogP contribution in [0.3, 0.4) is 0 Å². The molecule has 1 fully saturated rings. The summed E-state index contributed by atoms with van der Waals surface area (Å²) in [6.07, 6.45) is 1.80. The normalized spacial score (nSPS) is 17.7. The molecule has 1 aromatic rings. The summed E-state index contributed by atoms with van der Waals surface area (Å²) < 4.78 is 10.5. The summed E-state index contributed by atoms with van der Waals surface area (Å²) in [6, 6.07) is 7.72. The molecule has 0 saturated heterocycles. The van der Waals surface area contributed by atoms with Crippen molar-refractivity contribution in [2.75, 3.05) is 13.7 Å². The van der Waals surface area contributed by atoms with E-state index in [0.717, 1.165) is 17.7 Å². The molecule has 5 nitrogen and oxygen atoms in total. The standard InChI is InChI=1S/C19H27NO4/c1-5-13(2)24-18(22)19(10-11-19)17(21)12-20-14(3)15-6-8-16(23-4)9-7-15/h6-9,13-14,20H,5,10-12H2,1-4H3/t13-,14?/m1/s1. The fourth-order valence-electron chi connectivity index (χ4n) is 2.53. The zero-order valence-electron chi connectivity index (χ0n) is 14.9. The maximum atomic E-state index is 12.5. The summed E-state index contributed by atoms with van der Waals surface area (Å²) in [7, 11) is 1.63. The lowest BCUT2D eigenvalue weighted by Crippen LogP contribution is -2.37. The molecule has 0 bridgehead atoms. The Labute approximate surface area is 143 Å². The highest BCUT2D eigenvalue weighted by molar-refractivity contribution is 6.07. The first-order valence-electron chi connectivity index (χ1n) is 8.54. The van der Waals surface area contributed by atoms with E-state index in [0.29, 0.717) is 12.8 Å². The minimum absolute atomic E-state index is 0.0150. The van der Waals surface area contributed by atoms with Crippen molar-refractivity contribution in [3.8, 4) is 5.75 Å². The van der Waals surface area contributed by atoms with E-state index in [-0.39, 0.29) is 30.4 Å². The molecule has 1 aromatic carbocycles. The SMILES string of the molecule is CC[C@@H](C)OC(=O)C1(C(=O)CNC(C)c2ccc(OC)cc2)CC1. The molecule has 1 aliphatic rings. The van der Waals surface area contributed by atoms with Gasteiger partial charge in [0, 0.05) is 6.04 Å². The van der Waals surface area contributed by atoms with Crippen molar-refractivity contribution >= 4 is 11.8 Å². The number of ketones is 1. The minimum atomic E-state index is -0.907. The molecule has 0 amide bonds. The van der Waals surface area contributed by atoms with Gasteiger partial charge in [-0.3, -0.25) is 9.59 Å². The van der Waals surface area contributed by atoms with Crippen molar-refractivity contribution in [1.82, 2.24) is 5.32 Å². The summed E-state index contributed by atoms with van der Waals surface area (Å²) >= 11 is 0. The molecule has 1 N–H and O–H groups in total. The van der Waals surface area contributed by atoms with E-state index < -0.39 is 5.41 Å². The van der Waals surface area contributed by atoms with E-state index in [1.807, 2.05) is 45.0 Å². The number of benzene rings is 1. The van der Waals surface area contributed by atoms with E-state index in [1.54, 1.807) is 7.11 Å². The largest absolute Gasteiger partial charge is 0.497 e. The highest BCUT2D eigenvalue weighted by Gasteiger charge is 2.57. The first-order chi connectivity index (χ1) is 11.4. The van der Waals surface area contributed by atoms with Crippen LogP contribution in [0.15, 0.2) is 24.3 Å².